The van der Waals surface area contributed by atoms with E-state index in [0.29, 0.717) is 12.1 Å². The molecule has 1 aliphatic carbocycles. The number of hydrogen-bond acceptors (Lipinski definition) is 3. The second-order valence-electron chi connectivity index (χ2n) is 6.66. The van der Waals surface area contributed by atoms with Crippen molar-refractivity contribution in [1.82, 2.24) is 9.80 Å². The average molecular weight is 354 g/mol. The minimum atomic E-state index is 0.261. The van der Waals surface area contributed by atoms with Crippen molar-refractivity contribution >= 4 is 15.9 Å². The van der Waals surface area contributed by atoms with E-state index in [9.17, 15) is 0 Å². The monoisotopic (exact) mass is 353 g/mol. The molecule has 1 saturated carbocycles. The molecule has 4 heteroatoms. The number of halogens is 1. The van der Waals surface area contributed by atoms with Crippen LogP contribution in [0.1, 0.15) is 36.4 Å². The summed E-state index contributed by atoms with van der Waals surface area (Å²) in [4.78, 5) is 4.82. The van der Waals surface area contributed by atoms with Crippen molar-refractivity contribution in [2.45, 2.75) is 37.8 Å². The second-order valence-corrected chi connectivity index (χ2v) is 7.52. The summed E-state index contributed by atoms with van der Waals surface area (Å²) in [5.41, 5.74) is 8.99. The third-order valence-electron chi connectivity index (χ3n) is 5.05. The van der Waals surface area contributed by atoms with Crippen molar-refractivity contribution in [3.63, 3.8) is 0 Å². The summed E-state index contributed by atoms with van der Waals surface area (Å²) in [5.74, 6) is 0. The summed E-state index contributed by atoms with van der Waals surface area (Å²) in [7, 11) is 6.60. The van der Waals surface area contributed by atoms with E-state index in [0.717, 1.165) is 11.0 Å². The fourth-order valence-electron chi connectivity index (χ4n) is 3.35. The molecular weight excluding hydrogens is 326 g/mol. The van der Waals surface area contributed by atoms with Gasteiger partial charge < -0.3 is 10.6 Å². The summed E-state index contributed by atoms with van der Waals surface area (Å²) in [6, 6.07) is 6.81. The lowest BCUT2D eigenvalue weighted by Gasteiger charge is -2.50. The first kappa shape index (κ1) is 16.9. The molecule has 1 aromatic carbocycles. The van der Waals surface area contributed by atoms with Gasteiger partial charge in [0.25, 0.3) is 0 Å². The predicted molar refractivity (Wildman–Crippen MR) is 93.6 cm³/mol. The van der Waals surface area contributed by atoms with Gasteiger partial charge in [-0.1, -0.05) is 28.1 Å². The summed E-state index contributed by atoms with van der Waals surface area (Å²) in [5, 5.41) is 0. The Morgan fingerprint density at radius 2 is 1.95 bits per heavy atom. The number of nitrogens with two attached hydrogens (primary N) is 1. The molecule has 118 valence electrons. The standard InChI is InChI=1S/C17H28BrN3/c1-13-6-7-14(15(18)10-13)16(11-19)21(4)12-17(20(2)3)8-5-9-17/h6-7,10,16H,5,8-9,11-12,19H2,1-4H3. The lowest BCUT2D eigenvalue weighted by molar-refractivity contribution is 0.0167. The molecular formula is C17H28BrN3. The molecule has 1 aromatic rings. The van der Waals surface area contributed by atoms with Crippen molar-refractivity contribution < 1.29 is 0 Å². The van der Waals surface area contributed by atoms with E-state index in [1.165, 1.54) is 30.4 Å². The first-order chi connectivity index (χ1) is 9.89. The molecule has 0 aromatic heterocycles. The highest BCUT2D eigenvalue weighted by atomic mass is 79.9. The molecule has 1 aliphatic rings. The lowest BCUT2D eigenvalue weighted by atomic mass is 9.75. The van der Waals surface area contributed by atoms with Crippen LogP contribution in [0.4, 0.5) is 0 Å². The summed E-state index contributed by atoms with van der Waals surface area (Å²) in [6.45, 7) is 3.83. The van der Waals surface area contributed by atoms with Crippen LogP contribution >= 0.6 is 15.9 Å². The number of aryl methyl sites for hydroxylation is 1. The van der Waals surface area contributed by atoms with Crippen LogP contribution in [0.15, 0.2) is 22.7 Å². The van der Waals surface area contributed by atoms with E-state index in [2.05, 4.69) is 72.0 Å². The molecule has 1 unspecified atom stereocenters. The number of hydrogen-bond donors (Lipinski definition) is 1. The zero-order valence-electron chi connectivity index (χ0n) is 13.7. The Labute approximate surface area is 137 Å². The molecule has 21 heavy (non-hydrogen) atoms. The Bertz CT molecular complexity index is 483. The zero-order valence-corrected chi connectivity index (χ0v) is 15.3. The molecule has 0 saturated heterocycles. The SMILES string of the molecule is Cc1ccc(C(CN)N(C)CC2(N(C)C)CCC2)c(Br)c1. The van der Waals surface area contributed by atoms with Crippen molar-refractivity contribution in [1.29, 1.82) is 0 Å². The Morgan fingerprint density at radius 3 is 2.38 bits per heavy atom. The second kappa shape index (κ2) is 6.78. The quantitative estimate of drug-likeness (QED) is 0.852. The number of rotatable bonds is 6. The molecule has 0 amide bonds. The molecule has 1 fully saturated rings. The first-order valence-corrected chi connectivity index (χ1v) is 8.53. The molecule has 3 nitrogen and oxygen atoms in total. The Kier molecular flexibility index (Phi) is 5.47. The van der Waals surface area contributed by atoms with Crippen molar-refractivity contribution in [2.24, 2.45) is 5.73 Å². The van der Waals surface area contributed by atoms with Crippen molar-refractivity contribution in [3.05, 3.63) is 33.8 Å². The fourth-order valence-corrected chi connectivity index (χ4v) is 4.11. The zero-order chi connectivity index (χ0) is 15.6. The van der Waals surface area contributed by atoms with Crippen LogP contribution in [0.3, 0.4) is 0 Å². The summed E-state index contributed by atoms with van der Waals surface area (Å²) in [6.07, 6.45) is 3.92. The highest BCUT2D eigenvalue weighted by molar-refractivity contribution is 9.10. The van der Waals surface area contributed by atoms with E-state index in [1.807, 2.05) is 0 Å². The van der Waals surface area contributed by atoms with Crippen LogP contribution in [0.25, 0.3) is 0 Å². The summed E-state index contributed by atoms with van der Waals surface area (Å²) >= 11 is 3.70. The van der Waals surface area contributed by atoms with Gasteiger partial charge in [-0.2, -0.15) is 0 Å². The largest absolute Gasteiger partial charge is 0.329 e. The highest BCUT2D eigenvalue weighted by Gasteiger charge is 2.40. The Hall–Kier alpha value is -0.420. The number of benzene rings is 1. The molecule has 0 spiro atoms. The van der Waals surface area contributed by atoms with Gasteiger partial charge in [0.1, 0.15) is 0 Å². The molecule has 2 N–H and O–H groups in total. The third-order valence-corrected chi connectivity index (χ3v) is 5.73. The van der Waals surface area contributed by atoms with E-state index in [-0.39, 0.29) is 6.04 Å². The van der Waals surface area contributed by atoms with Gasteiger partial charge in [-0.25, -0.2) is 0 Å². The fraction of sp³-hybridized carbons (Fsp3) is 0.647. The van der Waals surface area contributed by atoms with Crippen molar-refractivity contribution in [3.8, 4) is 0 Å². The Morgan fingerprint density at radius 1 is 1.29 bits per heavy atom. The molecule has 0 aliphatic heterocycles. The average Bonchev–Trinajstić information content (AvgIpc) is 2.36. The van der Waals surface area contributed by atoms with E-state index in [4.69, 9.17) is 5.73 Å². The minimum Gasteiger partial charge on any atom is -0.329 e. The van der Waals surface area contributed by atoms with Crippen LogP contribution in [0, 0.1) is 6.92 Å². The van der Waals surface area contributed by atoms with Gasteiger partial charge >= 0.3 is 0 Å². The van der Waals surface area contributed by atoms with Crippen LogP contribution in [-0.2, 0) is 0 Å². The summed E-state index contributed by atoms with van der Waals surface area (Å²) < 4.78 is 1.16. The maximum absolute atomic E-state index is 6.09. The molecule has 2 rings (SSSR count). The van der Waals surface area contributed by atoms with Gasteiger partial charge in [0.15, 0.2) is 0 Å². The smallest absolute Gasteiger partial charge is 0.0479 e. The first-order valence-electron chi connectivity index (χ1n) is 7.73. The molecule has 0 bridgehead atoms. The van der Waals surface area contributed by atoms with Crippen molar-refractivity contribution in [2.75, 3.05) is 34.2 Å². The Balaban J connectivity index is 2.17. The third kappa shape index (κ3) is 3.50. The number of likely N-dealkylation sites (N-methyl/N-ethyl adjacent to an activating group) is 2. The van der Waals surface area contributed by atoms with E-state index >= 15 is 0 Å². The van der Waals surface area contributed by atoms with E-state index < -0.39 is 0 Å². The van der Waals surface area contributed by atoms with Crippen LogP contribution in [0.2, 0.25) is 0 Å². The maximum Gasteiger partial charge on any atom is 0.0479 e. The van der Waals surface area contributed by atoms with Gasteiger partial charge in [0.05, 0.1) is 0 Å². The molecule has 1 atom stereocenters. The normalized spacial score (nSPS) is 18.9. The van der Waals surface area contributed by atoms with Gasteiger partial charge in [0.2, 0.25) is 0 Å². The van der Waals surface area contributed by atoms with Crippen LogP contribution in [0.5, 0.6) is 0 Å². The lowest BCUT2D eigenvalue weighted by Crippen LogP contribution is -2.57. The predicted octanol–water partition coefficient (Wildman–Crippen LogP) is 3.17. The van der Waals surface area contributed by atoms with Gasteiger partial charge in [-0.05, 0) is 64.5 Å². The van der Waals surface area contributed by atoms with Crippen LogP contribution in [-0.4, -0.2) is 49.6 Å². The highest BCUT2D eigenvalue weighted by Crippen LogP contribution is 2.38. The van der Waals surface area contributed by atoms with Gasteiger partial charge in [-0.3, -0.25) is 4.90 Å². The molecule has 0 radical (unpaired) electrons. The van der Waals surface area contributed by atoms with Gasteiger partial charge in [0, 0.05) is 29.1 Å². The minimum absolute atomic E-state index is 0.261. The van der Waals surface area contributed by atoms with Crippen LogP contribution < -0.4 is 5.73 Å². The number of nitrogens with zero attached hydrogens (tertiary/aromatic N) is 2. The van der Waals surface area contributed by atoms with Gasteiger partial charge in [-0.15, -0.1) is 0 Å². The maximum atomic E-state index is 6.09. The molecule has 0 heterocycles. The van der Waals surface area contributed by atoms with E-state index in [1.54, 1.807) is 0 Å². The topological polar surface area (TPSA) is 32.5 Å².